The first-order valence-electron chi connectivity index (χ1n) is 7.31. The van der Waals surface area contributed by atoms with E-state index in [0.29, 0.717) is 30.4 Å². The lowest BCUT2D eigenvalue weighted by molar-refractivity contribution is 0.169. The Morgan fingerprint density at radius 2 is 1.91 bits per heavy atom. The van der Waals surface area contributed by atoms with E-state index in [1.165, 1.54) is 0 Å². The second-order valence-corrected chi connectivity index (χ2v) is 5.48. The molecule has 7 heteroatoms. The van der Waals surface area contributed by atoms with Crippen LogP contribution < -0.4 is 20.1 Å². The zero-order valence-electron chi connectivity index (χ0n) is 13.4. The fourth-order valence-electron chi connectivity index (χ4n) is 2.99. The number of anilines is 2. The molecular formula is C16H20N4O3. The van der Waals surface area contributed by atoms with E-state index in [4.69, 9.17) is 15.2 Å². The summed E-state index contributed by atoms with van der Waals surface area (Å²) in [5.74, 6) is 2.28. The molecule has 1 aliphatic rings. The average molecular weight is 316 g/mol. The lowest BCUT2D eigenvalue weighted by atomic mass is 9.95. The SMILES string of the molecule is COc1ccc(OC)c2c1CN(c1cc(C)nc(N)n1)CC2O. The number of aliphatic hydroxyl groups is 1. The molecule has 0 aliphatic carbocycles. The maximum atomic E-state index is 10.6. The molecule has 7 nitrogen and oxygen atoms in total. The van der Waals surface area contributed by atoms with E-state index >= 15 is 0 Å². The van der Waals surface area contributed by atoms with Crippen molar-refractivity contribution in [2.24, 2.45) is 0 Å². The Morgan fingerprint density at radius 3 is 2.57 bits per heavy atom. The highest BCUT2D eigenvalue weighted by molar-refractivity contribution is 5.56. The van der Waals surface area contributed by atoms with Crippen molar-refractivity contribution >= 4 is 11.8 Å². The number of fused-ring (bicyclic) bond motifs is 1. The van der Waals surface area contributed by atoms with Crippen LogP contribution >= 0.6 is 0 Å². The number of nitrogens with two attached hydrogens (primary N) is 1. The van der Waals surface area contributed by atoms with Crippen LogP contribution in [0.4, 0.5) is 11.8 Å². The van der Waals surface area contributed by atoms with Gasteiger partial charge in [-0.25, -0.2) is 4.98 Å². The van der Waals surface area contributed by atoms with Crippen LogP contribution in [-0.2, 0) is 6.54 Å². The molecule has 23 heavy (non-hydrogen) atoms. The van der Waals surface area contributed by atoms with E-state index < -0.39 is 6.10 Å². The predicted molar refractivity (Wildman–Crippen MR) is 86.7 cm³/mol. The summed E-state index contributed by atoms with van der Waals surface area (Å²) >= 11 is 0. The third-order valence-electron chi connectivity index (χ3n) is 3.97. The molecule has 122 valence electrons. The van der Waals surface area contributed by atoms with Gasteiger partial charge in [0, 0.05) is 29.4 Å². The van der Waals surface area contributed by atoms with Gasteiger partial charge in [-0.05, 0) is 19.1 Å². The van der Waals surface area contributed by atoms with Crippen LogP contribution in [0.3, 0.4) is 0 Å². The molecule has 3 N–H and O–H groups in total. The first kappa shape index (κ1) is 15.4. The number of aryl methyl sites for hydroxylation is 1. The first-order chi connectivity index (χ1) is 11.0. The second-order valence-electron chi connectivity index (χ2n) is 5.48. The van der Waals surface area contributed by atoms with Crippen LogP contribution in [0.25, 0.3) is 0 Å². The maximum Gasteiger partial charge on any atom is 0.222 e. The molecule has 3 rings (SSSR count). The van der Waals surface area contributed by atoms with Crippen molar-refractivity contribution < 1.29 is 14.6 Å². The van der Waals surface area contributed by atoms with Crippen molar-refractivity contribution in [1.29, 1.82) is 0 Å². The van der Waals surface area contributed by atoms with Crippen molar-refractivity contribution in [2.45, 2.75) is 19.6 Å². The number of nitrogen functional groups attached to an aromatic ring is 1. The number of aromatic nitrogens is 2. The summed E-state index contributed by atoms with van der Waals surface area (Å²) in [6, 6.07) is 5.50. The highest BCUT2D eigenvalue weighted by Gasteiger charge is 2.30. The van der Waals surface area contributed by atoms with Gasteiger partial charge >= 0.3 is 0 Å². The Kier molecular flexibility index (Phi) is 3.96. The summed E-state index contributed by atoms with van der Waals surface area (Å²) in [6.07, 6.45) is -0.708. The number of hydrogen-bond donors (Lipinski definition) is 2. The van der Waals surface area contributed by atoms with Crippen molar-refractivity contribution in [2.75, 3.05) is 31.4 Å². The molecular weight excluding hydrogens is 296 g/mol. The minimum atomic E-state index is -0.708. The van der Waals surface area contributed by atoms with Gasteiger partial charge in [0.25, 0.3) is 0 Å². The Bertz CT molecular complexity index is 715. The zero-order chi connectivity index (χ0) is 16.6. The Balaban J connectivity index is 2.06. The highest BCUT2D eigenvalue weighted by Crippen LogP contribution is 2.40. The fourth-order valence-corrected chi connectivity index (χ4v) is 2.99. The maximum absolute atomic E-state index is 10.6. The van der Waals surface area contributed by atoms with Crippen LogP contribution in [0.5, 0.6) is 11.5 Å². The molecule has 0 bridgehead atoms. The Labute approximate surface area is 134 Å². The van der Waals surface area contributed by atoms with Gasteiger partial charge in [0.1, 0.15) is 23.4 Å². The minimum absolute atomic E-state index is 0.220. The molecule has 1 atom stereocenters. The zero-order valence-corrected chi connectivity index (χ0v) is 13.4. The molecule has 1 aliphatic heterocycles. The lowest BCUT2D eigenvalue weighted by Gasteiger charge is -2.34. The van der Waals surface area contributed by atoms with Gasteiger partial charge in [0.2, 0.25) is 5.95 Å². The molecule has 0 saturated heterocycles. The molecule has 0 saturated carbocycles. The van der Waals surface area contributed by atoms with Crippen molar-refractivity contribution in [3.8, 4) is 11.5 Å². The number of aliphatic hydroxyl groups excluding tert-OH is 1. The standard InChI is InChI=1S/C16H20N4O3/c1-9-6-14(19-16(17)18-9)20-7-10-12(22-2)4-5-13(23-3)15(10)11(21)8-20/h4-6,11,21H,7-8H2,1-3H3,(H2,17,18,19). The number of methoxy groups -OCH3 is 2. The van der Waals surface area contributed by atoms with Gasteiger partial charge in [-0.1, -0.05) is 0 Å². The molecule has 0 amide bonds. The summed E-state index contributed by atoms with van der Waals surface area (Å²) in [7, 11) is 3.20. The van der Waals surface area contributed by atoms with E-state index in [9.17, 15) is 5.11 Å². The summed E-state index contributed by atoms with van der Waals surface area (Å²) in [5, 5.41) is 10.6. The number of β-amino-alcohol motifs (C(OH)–C–C–N with tert-alkyl or cyclic N) is 1. The third kappa shape index (κ3) is 2.75. The van der Waals surface area contributed by atoms with E-state index in [1.54, 1.807) is 14.2 Å². The first-order valence-corrected chi connectivity index (χ1v) is 7.31. The molecule has 1 aromatic carbocycles. The van der Waals surface area contributed by atoms with Gasteiger partial charge in [-0.15, -0.1) is 0 Å². The smallest absolute Gasteiger partial charge is 0.222 e. The summed E-state index contributed by atoms with van der Waals surface area (Å²) in [6.45, 7) is 2.80. The monoisotopic (exact) mass is 316 g/mol. The molecule has 0 spiro atoms. The molecule has 0 fully saturated rings. The van der Waals surface area contributed by atoms with Crippen LogP contribution in [0, 0.1) is 6.92 Å². The van der Waals surface area contributed by atoms with E-state index in [-0.39, 0.29) is 5.95 Å². The molecule has 2 aromatic rings. The van der Waals surface area contributed by atoms with Gasteiger partial charge in [0.05, 0.1) is 20.8 Å². The van der Waals surface area contributed by atoms with Crippen molar-refractivity contribution in [3.63, 3.8) is 0 Å². The fraction of sp³-hybridized carbons (Fsp3) is 0.375. The van der Waals surface area contributed by atoms with Crippen LogP contribution in [0.2, 0.25) is 0 Å². The van der Waals surface area contributed by atoms with Gasteiger partial charge < -0.3 is 25.2 Å². The van der Waals surface area contributed by atoms with E-state index in [2.05, 4.69) is 9.97 Å². The highest BCUT2D eigenvalue weighted by atomic mass is 16.5. The summed E-state index contributed by atoms with van der Waals surface area (Å²) < 4.78 is 10.8. The van der Waals surface area contributed by atoms with Crippen molar-refractivity contribution in [3.05, 3.63) is 35.0 Å². The van der Waals surface area contributed by atoms with E-state index in [0.717, 1.165) is 16.8 Å². The molecule has 1 aromatic heterocycles. The second kappa shape index (κ2) is 5.92. The number of nitrogens with zero attached hydrogens (tertiary/aromatic N) is 3. The normalized spacial score (nSPS) is 16.9. The van der Waals surface area contributed by atoms with Gasteiger partial charge in [0.15, 0.2) is 0 Å². The molecule has 1 unspecified atom stereocenters. The predicted octanol–water partition coefficient (Wildman–Crippen LogP) is 1.44. The van der Waals surface area contributed by atoms with E-state index in [1.807, 2.05) is 30.0 Å². The Hall–Kier alpha value is -2.54. The topological polar surface area (TPSA) is 93.7 Å². The van der Waals surface area contributed by atoms with Gasteiger partial charge in [-0.3, -0.25) is 0 Å². The molecule has 2 heterocycles. The van der Waals surface area contributed by atoms with Gasteiger partial charge in [-0.2, -0.15) is 4.98 Å². The van der Waals surface area contributed by atoms with Crippen molar-refractivity contribution in [1.82, 2.24) is 9.97 Å². The minimum Gasteiger partial charge on any atom is -0.496 e. The van der Waals surface area contributed by atoms with Crippen LogP contribution in [-0.4, -0.2) is 35.8 Å². The largest absolute Gasteiger partial charge is 0.496 e. The summed E-state index contributed by atoms with van der Waals surface area (Å²) in [5.41, 5.74) is 8.18. The summed E-state index contributed by atoms with van der Waals surface area (Å²) in [4.78, 5) is 10.3. The average Bonchev–Trinajstić information content (AvgIpc) is 2.52. The number of rotatable bonds is 3. The number of hydrogen-bond acceptors (Lipinski definition) is 7. The van der Waals surface area contributed by atoms with Crippen LogP contribution in [0.15, 0.2) is 18.2 Å². The number of benzene rings is 1. The number of ether oxygens (including phenoxy) is 2. The lowest BCUT2D eigenvalue weighted by Crippen LogP contribution is -2.35. The van der Waals surface area contributed by atoms with Crippen LogP contribution in [0.1, 0.15) is 22.9 Å². The third-order valence-corrected chi connectivity index (χ3v) is 3.97. The Morgan fingerprint density at radius 1 is 1.22 bits per heavy atom. The molecule has 0 radical (unpaired) electrons. The quantitative estimate of drug-likeness (QED) is 0.885.